The quantitative estimate of drug-likeness (QED) is 0.416. The zero-order chi connectivity index (χ0) is 19.0. The van der Waals surface area contributed by atoms with Gasteiger partial charge in [-0.3, -0.25) is 4.79 Å². The Morgan fingerprint density at radius 3 is 2.48 bits per heavy atom. The highest BCUT2D eigenvalue weighted by Crippen LogP contribution is 2.37. The molecule has 2 N–H and O–H groups in total. The molecule has 0 aliphatic rings. The summed E-state index contributed by atoms with van der Waals surface area (Å²) in [5.74, 6) is -1.41. The van der Waals surface area contributed by atoms with E-state index in [0.717, 1.165) is 15.6 Å². The number of carbonyl (C=O) groups excluding carboxylic acids is 1. The molecule has 0 spiro atoms. The molecule has 0 unspecified atom stereocenters. The van der Waals surface area contributed by atoms with Crippen LogP contribution in [0.3, 0.4) is 0 Å². The topological polar surface area (TPSA) is 66.4 Å². The molecular formula is C20H12ClNO3S2. The lowest BCUT2D eigenvalue weighted by molar-refractivity contribution is 0.0699. The van der Waals surface area contributed by atoms with Gasteiger partial charge in [0.1, 0.15) is 5.56 Å². The van der Waals surface area contributed by atoms with Crippen LogP contribution in [0.25, 0.3) is 20.5 Å². The molecule has 4 aromatic rings. The number of halogens is 1. The Kier molecular flexibility index (Phi) is 4.70. The van der Waals surface area contributed by atoms with Crippen LogP contribution >= 0.6 is 34.3 Å². The molecule has 27 heavy (non-hydrogen) atoms. The SMILES string of the molecule is O=C(Nc1csc(-c2ccc(Cl)cc2)c1C(=O)O)c1cc2ccccc2s1. The first-order valence-electron chi connectivity index (χ1n) is 7.93. The van der Waals surface area contributed by atoms with E-state index in [1.54, 1.807) is 29.6 Å². The second-order valence-corrected chi connectivity index (χ2v) is 8.17. The van der Waals surface area contributed by atoms with E-state index in [-0.39, 0.29) is 11.5 Å². The highest BCUT2D eigenvalue weighted by molar-refractivity contribution is 7.21. The van der Waals surface area contributed by atoms with Crippen LogP contribution in [-0.2, 0) is 0 Å². The van der Waals surface area contributed by atoms with E-state index in [1.807, 2.05) is 30.3 Å². The van der Waals surface area contributed by atoms with E-state index in [0.29, 0.717) is 20.5 Å². The zero-order valence-corrected chi connectivity index (χ0v) is 16.1. The smallest absolute Gasteiger partial charge is 0.339 e. The van der Waals surface area contributed by atoms with Gasteiger partial charge >= 0.3 is 5.97 Å². The summed E-state index contributed by atoms with van der Waals surface area (Å²) in [6, 6.07) is 16.5. The molecular weight excluding hydrogens is 402 g/mol. The number of hydrogen-bond donors (Lipinski definition) is 2. The molecule has 0 bridgehead atoms. The second kappa shape index (κ2) is 7.15. The number of carbonyl (C=O) groups is 2. The maximum absolute atomic E-state index is 12.6. The third-order valence-electron chi connectivity index (χ3n) is 4.01. The molecule has 0 atom stereocenters. The fraction of sp³-hybridized carbons (Fsp3) is 0. The van der Waals surface area contributed by atoms with Crippen molar-refractivity contribution in [1.82, 2.24) is 0 Å². The molecule has 0 aliphatic carbocycles. The minimum absolute atomic E-state index is 0.0804. The van der Waals surface area contributed by atoms with Crippen molar-refractivity contribution in [1.29, 1.82) is 0 Å². The molecule has 4 rings (SSSR count). The summed E-state index contributed by atoms with van der Waals surface area (Å²) in [4.78, 5) is 25.6. The van der Waals surface area contributed by atoms with Gasteiger partial charge in [-0.1, -0.05) is 41.9 Å². The number of carboxylic acid groups (broad SMARTS) is 1. The molecule has 7 heteroatoms. The van der Waals surface area contributed by atoms with Crippen molar-refractivity contribution in [3.05, 3.63) is 75.4 Å². The van der Waals surface area contributed by atoms with Gasteiger partial charge in [0.15, 0.2) is 0 Å². The Morgan fingerprint density at radius 2 is 1.78 bits per heavy atom. The van der Waals surface area contributed by atoms with Gasteiger partial charge in [0.25, 0.3) is 5.91 Å². The van der Waals surface area contributed by atoms with Crippen LogP contribution in [0, 0.1) is 0 Å². The Bertz CT molecular complexity index is 1130. The third kappa shape index (κ3) is 3.47. The summed E-state index contributed by atoms with van der Waals surface area (Å²) in [6.45, 7) is 0. The number of amides is 1. The van der Waals surface area contributed by atoms with Crippen molar-refractivity contribution in [2.24, 2.45) is 0 Å². The van der Waals surface area contributed by atoms with Gasteiger partial charge < -0.3 is 10.4 Å². The maximum Gasteiger partial charge on any atom is 0.339 e. The summed E-state index contributed by atoms with van der Waals surface area (Å²) < 4.78 is 1.01. The summed E-state index contributed by atoms with van der Waals surface area (Å²) >= 11 is 8.55. The Hall–Kier alpha value is -2.67. The van der Waals surface area contributed by atoms with Crippen LogP contribution in [0.15, 0.2) is 60.0 Å². The first kappa shape index (κ1) is 17.7. The predicted octanol–water partition coefficient (Wildman–Crippen LogP) is 6.23. The first-order valence-corrected chi connectivity index (χ1v) is 10.0. The third-order valence-corrected chi connectivity index (χ3v) is 6.40. The number of rotatable bonds is 4. The number of thiophene rings is 2. The minimum Gasteiger partial charge on any atom is -0.478 e. The molecule has 0 aliphatic heterocycles. The van der Waals surface area contributed by atoms with Crippen LogP contribution in [0.4, 0.5) is 5.69 Å². The lowest BCUT2D eigenvalue weighted by Gasteiger charge is -2.05. The Morgan fingerprint density at radius 1 is 1.04 bits per heavy atom. The van der Waals surface area contributed by atoms with E-state index < -0.39 is 5.97 Å². The van der Waals surface area contributed by atoms with Crippen LogP contribution < -0.4 is 5.32 Å². The molecule has 4 nitrogen and oxygen atoms in total. The summed E-state index contributed by atoms with van der Waals surface area (Å²) in [5.41, 5.74) is 1.11. The number of anilines is 1. The van der Waals surface area contributed by atoms with Gasteiger partial charge in [-0.15, -0.1) is 22.7 Å². The van der Waals surface area contributed by atoms with Gasteiger partial charge in [-0.2, -0.15) is 0 Å². The fourth-order valence-corrected chi connectivity index (χ4v) is 4.84. The normalized spacial score (nSPS) is 10.9. The molecule has 2 heterocycles. The van der Waals surface area contributed by atoms with Crippen LogP contribution in [0.5, 0.6) is 0 Å². The van der Waals surface area contributed by atoms with Gasteiger partial charge in [-0.25, -0.2) is 4.79 Å². The molecule has 134 valence electrons. The van der Waals surface area contributed by atoms with Gasteiger partial charge in [0.2, 0.25) is 0 Å². The van der Waals surface area contributed by atoms with Gasteiger partial charge in [0.05, 0.1) is 15.4 Å². The molecule has 2 aromatic heterocycles. The fourth-order valence-electron chi connectivity index (χ4n) is 2.75. The zero-order valence-electron chi connectivity index (χ0n) is 13.7. The lowest BCUT2D eigenvalue weighted by Crippen LogP contribution is -2.12. The van der Waals surface area contributed by atoms with E-state index in [4.69, 9.17) is 11.6 Å². The molecule has 1 amide bonds. The highest BCUT2D eigenvalue weighted by atomic mass is 35.5. The molecule has 0 saturated carbocycles. The van der Waals surface area contributed by atoms with Crippen LogP contribution in [0.2, 0.25) is 5.02 Å². The van der Waals surface area contributed by atoms with Crippen molar-refractivity contribution in [2.75, 3.05) is 5.32 Å². The van der Waals surface area contributed by atoms with Crippen molar-refractivity contribution in [3.63, 3.8) is 0 Å². The average Bonchev–Trinajstić information content (AvgIpc) is 3.26. The average molecular weight is 414 g/mol. The van der Waals surface area contributed by atoms with Crippen LogP contribution in [-0.4, -0.2) is 17.0 Å². The highest BCUT2D eigenvalue weighted by Gasteiger charge is 2.22. The summed E-state index contributed by atoms with van der Waals surface area (Å²) in [6.07, 6.45) is 0. The Labute approximate surface area is 167 Å². The number of fused-ring (bicyclic) bond motifs is 1. The van der Waals surface area contributed by atoms with Crippen molar-refractivity contribution < 1.29 is 14.7 Å². The van der Waals surface area contributed by atoms with Crippen LogP contribution in [0.1, 0.15) is 20.0 Å². The van der Waals surface area contributed by atoms with E-state index >= 15 is 0 Å². The molecule has 0 fully saturated rings. The van der Waals surface area contributed by atoms with Gasteiger partial charge in [0, 0.05) is 15.1 Å². The standard InChI is InChI=1S/C20H12ClNO3S2/c21-13-7-5-11(6-8-13)18-17(20(24)25)14(10-26-18)22-19(23)16-9-12-3-1-2-4-15(12)27-16/h1-10H,(H,22,23)(H,24,25). The van der Waals surface area contributed by atoms with Gasteiger partial charge in [-0.05, 0) is 35.2 Å². The number of carboxylic acids is 1. The number of nitrogens with one attached hydrogen (secondary N) is 1. The first-order chi connectivity index (χ1) is 13.0. The monoisotopic (exact) mass is 413 g/mol. The second-order valence-electron chi connectivity index (χ2n) is 5.77. The largest absolute Gasteiger partial charge is 0.478 e. The van der Waals surface area contributed by atoms with E-state index in [2.05, 4.69) is 5.32 Å². The predicted molar refractivity (Wildman–Crippen MR) is 112 cm³/mol. The van der Waals surface area contributed by atoms with E-state index in [9.17, 15) is 14.7 Å². The number of benzene rings is 2. The molecule has 0 saturated heterocycles. The molecule has 0 radical (unpaired) electrons. The Balaban J connectivity index is 1.68. The number of hydrogen-bond acceptors (Lipinski definition) is 4. The summed E-state index contributed by atoms with van der Waals surface area (Å²) in [7, 11) is 0. The lowest BCUT2D eigenvalue weighted by atomic mass is 10.1. The number of aromatic carboxylic acids is 1. The van der Waals surface area contributed by atoms with Crippen molar-refractivity contribution in [2.45, 2.75) is 0 Å². The van der Waals surface area contributed by atoms with E-state index in [1.165, 1.54) is 22.7 Å². The minimum atomic E-state index is -1.09. The maximum atomic E-state index is 12.6. The molecule has 2 aromatic carbocycles. The summed E-state index contributed by atoms with van der Waals surface area (Å²) in [5, 5.41) is 15.6. The van der Waals surface area contributed by atoms with Crippen molar-refractivity contribution >= 4 is 61.9 Å². The van der Waals surface area contributed by atoms with Crippen molar-refractivity contribution in [3.8, 4) is 10.4 Å².